The van der Waals surface area contributed by atoms with Crippen LogP contribution >= 0.6 is 15.9 Å². The van der Waals surface area contributed by atoms with Gasteiger partial charge in [0.25, 0.3) is 0 Å². The van der Waals surface area contributed by atoms with Crippen molar-refractivity contribution in [3.63, 3.8) is 0 Å². The van der Waals surface area contributed by atoms with Gasteiger partial charge in [-0.15, -0.1) is 0 Å². The lowest BCUT2D eigenvalue weighted by Crippen LogP contribution is -2.23. The van der Waals surface area contributed by atoms with Gasteiger partial charge in [0.2, 0.25) is 5.91 Å². The summed E-state index contributed by atoms with van der Waals surface area (Å²) >= 11 is 3.45. The molecule has 0 spiro atoms. The third-order valence-corrected chi connectivity index (χ3v) is 5.47. The second-order valence-corrected chi connectivity index (χ2v) is 7.81. The first kappa shape index (κ1) is 21.1. The largest absolute Gasteiger partial charge is 0.492 e. The summed E-state index contributed by atoms with van der Waals surface area (Å²) in [7, 11) is 0. The number of carbonyl (C=O) groups is 1. The Morgan fingerprint density at radius 1 is 1.10 bits per heavy atom. The molecule has 1 aromatic heterocycles. The number of hydrogen-bond donors (Lipinski definition) is 1. The normalized spacial score (nSPS) is 10.7. The van der Waals surface area contributed by atoms with Gasteiger partial charge in [-0.05, 0) is 53.9 Å². The van der Waals surface area contributed by atoms with Crippen LogP contribution in [0.1, 0.15) is 35.4 Å². The van der Waals surface area contributed by atoms with Crippen LogP contribution in [0.4, 0.5) is 0 Å². The summed E-state index contributed by atoms with van der Waals surface area (Å²) in [6.45, 7) is 5.77. The highest BCUT2D eigenvalue weighted by Gasteiger charge is 2.13. The predicted octanol–water partition coefficient (Wildman–Crippen LogP) is 4.79. The summed E-state index contributed by atoms with van der Waals surface area (Å²) in [5.74, 6) is 0.820. The fourth-order valence-electron chi connectivity index (χ4n) is 3.15. The minimum absolute atomic E-state index is 0.0235. The van der Waals surface area contributed by atoms with Gasteiger partial charge in [0, 0.05) is 24.2 Å². The van der Waals surface area contributed by atoms with Crippen LogP contribution in [0.25, 0.3) is 0 Å². The molecule has 1 N–H and O–H groups in total. The Hall–Kier alpha value is -2.60. The fraction of sp³-hybridized carbons (Fsp3) is 0.304. The Kier molecular flexibility index (Phi) is 7.47. The minimum atomic E-state index is 0.0235. The van der Waals surface area contributed by atoms with Gasteiger partial charge in [-0.25, -0.2) is 0 Å². The summed E-state index contributed by atoms with van der Waals surface area (Å²) in [5.41, 5.74) is 4.33. The molecule has 0 aliphatic heterocycles. The second kappa shape index (κ2) is 10.3. The van der Waals surface area contributed by atoms with E-state index in [9.17, 15) is 4.79 Å². The fourth-order valence-corrected chi connectivity index (χ4v) is 3.55. The lowest BCUT2D eigenvalue weighted by molar-refractivity contribution is -0.121. The van der Waals surface area contributed by atoms with E-state index in [1.165, 1.54) is 5.56 Å². The SMILES string of the molecule is Cc1nn(Cc2ccccc2)c(C)c1CNC(=O)CCCOc1ccccc1Br. The lowest BCUT2D eigenvalue weighted by atomic mass is 10.2. The van der Waals surface area contributed by atoms with E-state index in [4.69, 9.17) is 4.74 Å². The Balaban J connectivity index is 1.45. The van der Waals surface area contributed by atoms with Crippen molar-refractivity contribution >= 4 is 21.8 Å². The highest BCUT2D eigenvalue weighted by atomic mass is 79.9. The predicted molar refractivity (Wildman–Crippen MR) is 118 cm³/mol. The monoisotopic (exact) mass is 455 g/mol. The number of nitrogens with one attached hydrogen (secondary N) is 1. The molecule has 0 bridgehead atoms. The van der Waals surface area contributed by atoms with Crippen molar-refractivity contribution in [2.45, 2.75) is 39.8 Å². The molecule has 1 amide bonds. The van der Waals surface area contributed by atoms with Gasteiger partial charge in [0.1, 0.15) is 5.75 Å². The molecule has 6 heteroatoms. The van der Waals surface area contributed by atoms with Gasteiger partial charge in [0.05, 0.1) is 23.3 Å². The average molecular weight is 456 g/mol. The number of amides is 1. The first-order valence-corrected chi connectivity index (χ1v) is 10.5. The molecule has 0 radical (unpaired) electrons. The zero-order valence-electron chi connectivity index (χ0n) is 16.8. The molecule has 0 atom stereocenters. The van der Waals surface area contributed by atoms with Crippen LogP contribution in [0.15, 0.2) is 59.1 Å². The smallest absolute Gasteiger partial charge is 0.220 e. The van der Waals surface area contributed by atoms with Gasteiger partial charge < -0.3 is 10.1 Å². The summed E-state index contributed by atoms with van der Waals surface area (Å²) in [6.07, 6.45) is 1.10. The number of nitrogens with zero attached hydrogens (tertiary/aromatic N) is 2. The van der Waals surface area contributed by atoms with Crippen molar-refractivity contribution in [3.8, 4) is 5.75 Å². The van der Waals surface area contributed by atoms with E-state index in [1.54, 1.807) is 0 Å². The maximum atomic E-state index is 12.2. The zero-order valence-corrected chi connectivity index (χ0v) is 18.4. The van der Waals surface area contributed by atoms with Crippen molar-refractivity contribution in [1.82, 2.24) is 15.1 Å². The number of carbonyl (C=O) groups excluding carboxylic acids is 1. The van der Waals surface area contributed by atoms with Gasteiger partial charge in [-0.2, -0.15) is 5.10 Å². The van der Waals surface area contributed by atoms with E-state index < -0.39 is 0 Å². The summed E-state index contributed by atoms with van der Waals surface area (Å²) in [5, 5.41) is 7.65. The summed E-state index contributed by atoms with van der Waals surface area (Å²) in [4.78, 5) is 12.2. The number of para-hydroxylation sites is 1. The maximum Gasteiger partial charge on any atom is 0.220 e. The molecule has 29 heavy (non-hydrogen) atoms. The minimum Gasteiger partial charge on any atom is -0.492 e. The maximum absolute atomic E-state index is 12.2. The van der Waals surface area contributed by atoms with E-state index in [-0.39, 0.29) is 5.91 Å². The van der Waals surface area contributed by atoms with Crippen LogP contribution < -0.4 is 10.1 Å². The van der Waals surface area contributed by atoms with Gasteiger partial charge in [-0.1, -0.05) is 42.5 Å². The molecule has 0 saturated heterocycles. The van der Waals surface area contributed by atoms with Crippen LogP contribution in [-0.2, 0) is 17.9 Å². The molecular weight excluding hydrogens is 430 g/mol. The van der Waals surface area contributed by atoms with Gasteiger partial charge >= 0.3 is 0 Å². The average Bonchev–Trinajstić information content (AvgIpc) is 2.98. The number of ether oxygens (including phenoxy) is 1. The van der Waals surface area contributed by atoms with E-state index in [0.29, 0.717) is 26.0 Å². The molecule has 2 aromatic carbocycles. The summed E-state index contributed by atoms with van der Waals surface area (Å²) in [6, 6.07) is 18.0. The van der Waals surface area contributed by atoms with E-state index >= 15 is 0 Å². The number of hydrogen-bond acceptors (Lipinski definition) is 3. The molecule has 1 heterocycles. The molecule has 5 nitrogen and oxygen atoms in total. The second-order valence-electron chi connectivity index (χ2n) is 6.95. The van der Waals surface area contributed by atoms with Crippen LogP contribution in [0.2, 0.25) is 0 Å². The Bertz CT molecular complexity index is 954. The van der Waals surface area contributed by atoms with E-state index in [2.05, 4.69) is 45.4 Å². The van der Waals surface area contributed by atoms with E-state index in [1.807, 2.05) is 54.1 Å². The first-order valence-electron chi connectivity index (χ1n) is 9.75. The van der Waals surface area contributed by atoms with Crippen LogP contribution in [-0.4, -0.2) is 22.3 Å². The summed E-state index contributed by atoms with van der Waals surface area (Å²) < 4.78 is 8.63. The topological polar surface area (TPSA) is 56.2 Å². The Morgan fingerprint density at radius 2 is 1.83 bits per heavy atom. The van der Waals surface area contributed by atoms with Gasteiger partial charge in [-0.3, -0.25) is 9.48 Å². The van der Waals surface area contributed by atoms with Crippen molar-refractivity contribution in [3.05, 3.63) is 81.6 Å². The first-order chi connectivity index (χ1) is 14.0. The number of aryl methyl sites for hydroxylation is 1. The lowest BCUT2D eigenvalue weighted by Gasteiger charge is -2.09. The third-order valence-electron chi connectivity index (χ3n) is 4.81. The van der Waals surface area contributed by atoms with Crippen LogP contribution in [0, 0.1) is 13.8 Å². The van der Waals surface area contributed by atoms with Crippen molar-refractivity contribution < 1.29 is 9.53 Å². The quantitative estimate of drug-likeness (QED) is 0.472. The highest BCUT2D eigenvalue weighted by molar-refractivity contribution is 9.10. The Morgan fingerprint density at radius 3 is 2.59 bits per heavy atom. The molecule has 0 aliphatic carbocycles. The Labute approximate surface area is 180 Å². The molecule has 0 aliphatic rings. The highest BCUT2D eigenvalue weighted by Crippen LogP contribution is 2.23. The number of aromatic nitrogens is 2. The molecule has 0 unspecified atom stereocenters. The zero-order chi connectivity index (χ0) is 20.6. The molecule has 3 rings (SSSR count). The molecule has 0 fully saturated rings. The van der Waals surface area contributed by atoms with Crippen LogP contribution in [0.5, 0.6) is 5.75 Å². The van der Waals surface area contributed by atoms with E-state index in [0.717, 1.165) is 33.7 Å². The molecule has 0 saturated carbocycles. The molecule has 3 aromatic rings. The molecular formula is C23H26BrN3O2. The number of benzene rings is 2. The van der Waals surface area contributed by atoms with Crippen LogP contribution in [0.3, 0.4) is 0 Å². The van der Waals surface area contributed by atoms with Gasteiger partial charge in [0.15, 0.2) is 0 Å². The van der Waals surface area contributed by atoms with Crippen molar-refractivity contribution in [1.29, 1.82) is 0 Å². The molecule has 152 valence electrons. The van der Waals surface area contributed by atoms with Crippen molar-refractivity contribution in [2.24, 2.45) is 0 Å². The third kappa shape index (κ3) is 5.94. The number of halogens is 1. The standard InChI is InChI=1S/C23H26BrN3O2/c1-17-20(18(2)27(26-17)16-19-9-4-3-5-10-19)15-25-23(28)13-8-14-29-22-12-7-6-11-21(22)24/h3-7,9-12H,8,13-16H2,1-2H3,(H,25,28). The van der Waals surface area contributed by atoms with Crippen molar-refractivity contribution in [2.75, 3.05) is 6.61 Å². The number of rotatable bonds is 9.